The number of rotatable bonds is 6. The standard InChI is InChI=1S/C10H13NO5S/c1-16-9-4-2-3-8(7-9)11-17(14,15)6-5-10(12)13/h2-4,7,11H,5-6H2,1H3,(H,12,13). The highest BCUT2D eigenvalue weighted by Crippen LogP contribution is 2.17. The lowest BCUT2D eigenvalue weighted by Crippen LogP contribution is -2.18. The van der Waals surface area contributed by atoms with E-state index in [0.29, 0.717) is 11.4 Å². The highest BCUT2D eigenvalue weighted by atomic mass is 32.2. The van der Waals surface area contributed by atoms with Gasteiger partial charge in [-0.3, -0.25) is 9.52 Å². The van der Waals surface area contributed by atoms with Crippen LogP contribution in [0.5, 0.6) is 5.75 Å². The minimum Gasteiger partial charge on any atom is -0.497 e. The summed E-state index contributed by atoms with van der Waals surface area (Å²) in [6, 6.07) is 6.38. The molecule has 0 aliphatic heterocycles. The molecule has 1 aromatic carbocycles. The molecular weight excluding hydrogens is 246 g/mol. The highest BCUT2D eigenvalue weighted by Gasteiger charge is 2.12. The number of hydrogen-bond acceptors (Lipinski definition) is 4. The molecule has 0 spiro atoms. The van der Waals surface area contributed by atoms with Crippen LogP contribution in [0.2, 0.25) is 0 Å². The number of carboxylic acid groups (broad SMARTS) is 1. The lowest BCUT2D eigenvalue weighted by molar-refractivity contribution is -0.136. The van der Waals surface area contributed by atoms with Crippen LogP contribution in [0.15, 0.2) is 24.3 Å². The summed E-state index contributed by atoms with van der Waals surface area (Å²) >= 11 is 0. The molecule has 0 amide bonds. The Morgan fingerprint density at radius 3 is 2.76 bits per heavy atom. The Hall–Kier alpha value is -1.76. The second kappa shape index (κ2) is 5.53. The zero-order chi connectivity index (χ0) is 12.9. The first-order valence-corrected chi connectivity index (χ1v) is 6.44. The van der Waals surface area contributed by atoms with Crippen LogP contribution in [-0.4, -0.2) is 32.4 Å². The van der Waals surface area contributed by atoms with Gasteiger partial charge in [-0.25, -0.2) is 8.42 Å². The van der Waals surface area contributed by atoms with Crippen molar-refractivity contribution < 1.29 is 23.1 Å². The number of nitrogens with one attached hydrogen (secondary N) is 1. The van der Waals surface area contributed by atoms with E-state index in [4.69, 9.17) is 9.84 Å². The zero-order valence-electron chi connectivity index (χ0n) is 9.21. The number of anilines is 1. The maximum Gasteiger partial charge on any atom is 0.304 e. The summed E-state index contributed by atoms with van der Waals surface area (Å²) in [5.41, 5.74) is 0.342. The Morgan fingerprint density at radius 2 is 2.18 bits per heavy atom. The number of ether oxygens (including phenoxy) is 1. The van der Waals surface area contributed by atoms with Gasteiger partial charge in [-0.2, -0.15) is 0 Å². The molecule has 6 nitrogen and oxygen atoms in total. The molecule has 0 fully saturated rings. The van der Waals surface area contributed by atoms with Gasteiger partial charge in [0, 0.05) is 6.07 Å². The molecule has 1 rings (SSSR count). The fraction of sp³-hybridized carbons (Fsp3) is 0.300. The molecule has 0 atom stereocenters. The average Bonchev–Trinajstić information content (AvgIpc) is 2.26. The number of hydrogen-bond donors (Lipinski definition) is 2. The zero-order valence-corrected chi connectivity index (χ0v) is 10.0. The second-order valence-electron chi connectivity index (χ2n) is 3.30. The molecule has 0 aliphatic rings. The molecule has 0 radical (unpaired) electrons. The topological polar surface area (TPSA) is 92.7 Å². The Balaban J connectivity index is 2.72. The van der Waals surface area contributed by atoms with Crippen molar-refractivity contribution in [3.63, 3.8) is 0 Å². The quantitative estimate of drug-likeness (QED) is 0.792. The lowest BCUT2D eigenvalue weighted by atomic mass is 10.3. The first kappa shape index (κ1) is 13.3. The molecule has 94 valence electrons. The minimum absolute atomic E-state index is 0.342. The van der Waals surface area contributed by atoms with Gasteiger partial charge in [0.25, 0.3) is 0 Å². The van der Waals surface area contributed by atoms with Crippen molar-refractivity contribution in [1.29, 1.82) is 0 Å². The smallest absolute Gasteiger partial charge is 0.304 e. The largest absolute Gasteiger partial charge is 0.497 e. The SMILES string of the molecule is COc1cccc(NS(=O)(=O)CCC(=O)O)c1. The van der Waals surface area contributed by atoms with Crippen molar-refractivity contribution >= 4 is 21.7 Å². The highest BCUT2D eigenvalue weighted by molar-refractivity contribution is 7.92. The van der Waals surface area contributed by atoms with Gasteiger partial charge >= 0.3 is 5.97 Å². The second-order valence-corrected chi connectivity index (χ2v) is 5.14. The molecule has 0 saturated heterocycles. The third-order valence-corrected chi connectivity index (χ3v) is 3.22. The molecule has 7 heteroatoms. The van der Waals surface area contributed by atoms with E-state index in [-0.39, 0.29) is 0 Å². The maximum atomic E-state index is 11.5. The van der Waals surface area contributed by atoms with Crippen LogP contribution in [0.4, 0.5) is 5.69 Å². The molecule has 2 N–H and O–H groups in total. The summed E-state index contributed by atoms with van der Waals surface area (Å²) in [5, 5.41) is 8.41. The average molecular weight is 259 g/mol. The fourth-order valence-electron chi connectivity index (χ4n) is 1.14. The van der Waals surface area contributed by atoms with E-state index in [2.05, 4.69) is 4.72 Å². The molecular formula is C10H13NO5S. The van der Waals surface area contributed by atoms with Gasteiger partial charge in [0.1, 0.15) is 5.75 Å². The summed E-state index contributed by atoms with van der Waals surface area (Å²) in [5.74, 6) is -1.09. The Morgan fingerprint density at radius 1 is 1.47 bits per heavy atom. The molecule has 0 bridgehead atoms. The third-order valence-electron chi connectivity index (χ3n) is 1.93. The van der Waals surface area contributed by atoms with Gasteiger partial charge in [-0.1, -0.05) is 6.07 Å². The summed E-state index contributed by atoms with van der Waals surface area (Å²) in [7, 11) is -2.17. The van der Waals surface area contributed by atoms with Gasteiger partial charge < -0.3 is 9.84 Å². The van der Waals surface area contributed by atoms with Crippen molar-refractivity contribution in [2.24, 2.45) is 0 Å². The van der Waals surface area contributed by atoms with Crippen LogP contribution in [0, 0.1) is 0 Å². The van der Waals surface area contributed by atoms with Crippen LogP contribution in [0.1, 0.15) is 6.42 Å². The fourth-order valence-corrected chi connectivity index (χ4v) is 2.17. The molecule has 0 heterocycles. The van der Waals surface area contributed by atoms with Gasteiger partial charge in [-0.15, -0.1) is 0 Å². The normalized spacial score (nSPS) is 10.9. The molecule has 0 saturated carbocycles. The number of carboxylic acids is 1. The van der Waals surface area contributed by atoms with E-state index in [1.54, 1.807) is 18.2 Å². The van der Waals surface area contributed by atoms with Crippen molar-refractivity contribution in [1.82, 2.24) is 0 Å². The molecule has 17 heavy (non-hydrogen) atoms. The van der Waals surface area contributed by atoms with E-state index in [9.17, 15) is 13.2 Å². The number of benzene rings is 1. The lowest BCUT2D eigenvalue weighted by Gasteiger charge is -2.08. The number of methoxy groups -OCH3 is 1. The van der Waals surface area contributed by atoms with Gasteiger partial charge in [0.15, 0.2) is 0 Å². The van der Waals surface area contributed by atoms with Crippen LogP contribution in [0.25, 0.3) is 0 Å². The minimum atomic E-state index is -3.64. The Labute approximate surface area is 99.3 Å². The number of sulfonamides is 1. The first-order valence-electron chi connectivity index (χ1n) is 4.79. The van der Waals surface area contributed by atoms with E-state index in [1.807, 2.05) is 0 Å². The molecule has 0 unspecified atom stereocenters. The van der Waals surface area contributed by atoms with Crippen LogP contribution in [-0.2, 0) is 14.8 Å². The van der Waals surface area contributed by atoms with E-state index in [0.717, 1.165) is 0 Å². The summed E-state index contributed by atoms with van der Waals surface area (Å²) in [4.78, 5) is 10.3. The van der Waals surface area contributed by atoms with E-state index >= 15 is 0 Å². The number of aliphatic carboxylic acids is 1. The van der Waals surface area contributed by atoms with Gasteiger partial charge in [0.05, 0.1) is 25.0 Å². The number of carbonyl (C=O) groups is 1. The van der Waals surface area contributed by atoms with E-state index < -0.39 is 28.2 Å². The third kappa shape index (κ3) is 4.73. The molecule has 0 aliphatic carbocycles. The molecule has 0 aromatic heterocycles. The van der Waals surface area contributed by atoms with Crippen molar-refractivity contribution in [2.45, 2.75) is 6.42 Å². The van der Waals surface area contributed by atoms with Crippen molar-refractivity contribution in [3.8, 4) is 5.75 Å². The van der Waals surface area contributed by atoms with Crippen LogP contribution in [0.3, 0.4) is 0 Å². The van der Waals surface area contributed by atoms with Gasteiger partial charge in [-0.05, 0) is 12.1 Å². The Bertz CT molecular complexity index is 497. The van der Waals surface area contributed by atoms with Crippen molar-refractivity contribution in [2.75, 3.05) is 17.6 Å². The first-order chi connectivity index (χ1) is 7.93. The van der Waals surface area contributed by atoms with Crippen LogP contribution >= 0.6 is 0 Å². The van der Waals surface area contributed by atoms with Gasteiger partial charge in [0.2, 0.25) is 10.0 Å². The maximum absolute atomic E-state index is 11.5. The summed E-state index contributed by atoms with van der Waals surface area (Å²) in [6.45, 7) is 0. The monoisotopic (exact) mass is 259 g/mol. The Kier molecular flexibility index (Phi) is 4.33. The predicted molar refractivity (Wildman–Crippen MR) is 62.7 cm³/mol. The summed E-state index contributed by atoms with van der Waals surface area (Å²) in [6.07, 6.45) is -0.431. The summed E-state index contributed by atoms with van der Waals surface area (Å²) < 4.78 is 30.2. The van der Waals surface area contributed by atoms with E-state index in [1.165, 1.54) is 13.2 Å². The van der Waals surface area contributed by atoms with Crippen molar-refractivity contribution in [3.05, 3.63) is 24.3 Å². The van der Waals surface area contributed by atoms with Crippen LogP contribution < -0.4 is 9.46 Å². The predicted octanol–water partition coefficient (Wildman–Crippen LogP) is 0.912. The molecule has 1 aromatic rings.